The normalized spacial score (nSPS) is 10.4. The predicted molar refractivity (Wildman–Crippen MR) is 117 cm³/mol. The second kappa shape index (κ2) is 10.7. The average Bonchev–Trinajstić information content (AvgIpc) is 2.81. The summed E-state index contributed by atoms with van der Waals surface area (Å²) in [6.07, 6.45) is -0.0556. The highest BCUT2D eigenvalue weighted by atomic mass is 16.6. The monoisotopic (exact) mass is 435 g/mol. The Kier molecular flexibility index (Phi) is 7.47. The zero-order chi connectivity index (χ0) is 22.9. The topological polar surface area (TPSA) is 116 Å². The molecule has 1 amide bonds. The van der Waals surface area contributed by atoms with Gasteiger partial charge in [-0.2, -0.15) is 0 Å². The van der Waals surface area contributed by atoms with Gasteiger partial charge in [0.05, 0.1) is 9.85 Å². The van der Waals surface area contributed by atoms with Crippen LogP contribution in [0.5, 0.6) is 0 Å². The minimum atomic E-state index is -0.519. The number of rotatable bonds is 9. The largest absolute Gasteiger partial charge is 0.445 e. The van der Waals surface area contributed by atoms with E-state index in [0.717, 1.165) is 16.7 Å². The van der Waals surface area contributed by atoms with Crippen molar-refractivity contribution >= 4 is 17.5 Å². The minimum Gasteiger partial charge on any atom is -0.445 e. The van der Waals surface area contributed by atoms with Gasteiger partial charge in [-0.1, -0.05) is 54.6 Å². The van der Waals surface area contributed by atoms with Crippen LogP contribution in [0.4, 0.5) is 16.2 Å². The van der Waals surface area contributed by atoms with Gasteiger partial charge in [0.15, 0.2) is 0 Å². The number of benzene rings is 3. The van der Waals surface area contributed by atoms with Gasteiger partial charge in [-0.05, 0) is 23.1 Å². The van der Waals surface area contributed by atoms with E-state index in [9.17, 15) is 25.0 Å². The summed E-state index contributed by atoms with van der Waals surface area (Å²) in [5.41, 5.74) is 2.37. The number of nitrogens with zero attached hydrogens (tertiary/aromatic N) is 3. The number of carbonyl (C=O) groups excluding carboxylic acids is 1. The molecule has 0 aliphatic carbocycles. The summed E-state index contributed by atoms with van der Waals surface area (Å²) in [5.74, 6) is 0. The first-order chi connectivity index (χ1) is 15.4. The lowest BCUT2D eigenvalue weighted by Gasteiger charge is -2.22. The number of ether oxygens (including phenoxy) is 1. The molecule has 0 fully saturated rings. The van der Waals surface area contributed by atoms with E-state index in [1.807, 2.05) is 30.3 Å². The maximum atomic E-state index is 12.8. The van der Waals surface area contributed by atoms with Gasteiger partial charge in [0, 0.05) is 37.4 Å². The second-order valence-corrected chi connectivity index (χ2v) is 7.06. The van der Waals surface area contributed by atoms with E-state index < -0.39 is 15.9 Å². The Bertz CT molecular complexity index is 1070. The minimum absolute atomic E-state index is 0.00115. The molecule has 0 spiro atoms. The number of hydrogen-bond donors (Lipinski definition) is 0. The molecule has 0 radical (unpaired) electrons. The molecule has 0 heterocycles. The van der Waals surface area contributed by atoms with E-state index >= 15 is 0 Å². The molecule has 3 rings (SSSR count). The van der Waals surface area contributed by atoms with Gasteiger partial charge < -0.3 is 9.64 Å². The summed E-state index contributed by atoms with van der Waals surface area (Å²) in [6, 6.07) is 21.4. The van der Waals surface area contributed by atoms with Crippen LogP contribution in [0.1, 0.15) is 16.7 Å². The van der Waals surface area contributed by atoms with E-state index in [1.165, 1.54) is 29.2 Å². The van der Waals surface area contributed by atoms with Crippen LogP contribution in [-0.2, 0) is 24.3 Å². The van der Waals surface area contributed by atoms with Crippen LogP contribution in [0.25, 0.3) is 0 Å². The molecule has 3 aromatic carbocycles. The first-order valence-corrected chi connectivity index (χ1v) is 9.84. The van der Waals surface area contributed by atoms with Gasteiger partial charge in [0.25, 0.3) is 11.4 Å². The van der Waals surface area contributed by atoms with E-state index in [4.69, 9.17) is 4.74 Å². The van der Waals surface area contributed by atoms with Crippen molar-refractivity contribution in [3.8, 4) is 0 Å². The summed E-state index contributed by atoms with van der Waals surface area (Å²) in [5, 5.41) is 21.7. The Morgan fingerprint density at radius 2 is 1.28 bits per heavy atom. The molecule has 0 N–H and O–H groups in total. The number of carbonyl (C=O) groups is 1. The molecule has 0 saturated heterocycles. The summed E-state index contributed by atoms with van der Waals surface area (Å²) >= 11 is 0. The summed E-state index contributed by atoms with van der Waals surface area (Å²) in [4.78, 5) is 35.0. The maximum absolute atomic E-state index is 12.8. The van der Waals surface area contributed by atoms with E-state index in [1.54, 1.807) is 24.3 Å². The average molecular weight is 435 g/mol. The third kappa shape index (κ3) is 6.36. The molecule has 0 unspecified atom stereocenters. The number of nitro groups is 2. The Balaban J connectivity index is 1.69. The van der Waals surface area contributed by atoms with Gasteiger partial charge in [-0.15, -0.1) is 0 Å². The maximum Gasteiger partial charge on any atom is 0.410 e. The molecule has 0 atom stereocenters. The number of nitro benzene ring substituents is 2. The molecule has 3 aromatic rings. The third-order valence-electron chi connectivity index (χ3n) is 4.80. The van der Waals surface area contributed by atoms with Crippen LogP contribution in [0.3, 0.4) is 0 Å². The van der Waals surface area contributed by atoms with Crippen LogP contribution in [0, 0.1) is 20.2 Å². The quantitative estimate of drug-likeness (QED) is 0.349. The van der Waals surface area contributed by atoms with Crippen LogP contribution in [0.2, 0.25) is 0 Å². The molecule has 0 saturated carbocycles. The number of amides is 1. The molecular formula is C23H21N3O6. The van der Waals surface area contributed by atoms with Gasteiger partial charge in [0.1, 0.15) is 6.61 Å². The second-order valence-electron chi connectivity index (χ2n) is 7.06. The highest BCUT2D eigenvalue weighted by Gasteiger charge is 2.17. The zero-order valence-corrected chi connectivity index (χ0v) is 17.1. The predicted octanol–water partition coefficient (Wildman–Crippen LogP) is 4.88. The fourth-order valence-electron chi connectivity index (χ4n) is 3.04. The lowest BCUT2D eigenvalue weighted by molar-refractivity contribution is -0.385. The lowest BCUT2D eigenvalue weighted by atomic mass is 10.1. The SMILES string of the molecule is O=C(OCc1ccccc1)N(CCc1ccc([N+](=O)[O-])cc1)Cc1ccc([N+](=O)[O-])cc1. The van der Waals surface area contributed by atoms with E-state index in [0.29, 0.717) is 13.0 Å². The molecule has 164 valence electrons. The standard InChI is InChI=1S/C23H21N3O6/c27-23(32-17-20-4-2-1-3-5-20)24(16-19-8-12-22(13-9-19)26(30)31)15-14-18-6-10-21(11-7-18)25(28)29/h1-13H,14-17H2. The van der Waals surface area contributed by atoms with Crippen LogP contribution < -0.4 is 0 Å². The smallest absolute Gasteiger partial charge is 0.410 e. The van der Waals surface area contributed by atoms with E-state index in [-0.39, 0.29) is 24.5 Å². The molecule has 0 aliphatic rings. The number of hydrogen-bond acceptors (Lipinski definition) is 6. The Hall–Kier alpha value is -4.27. The van der Waals surface area contributed by atoms with Gasteiger partial charge in [0.2, 0.25) is 0 Å². The number of non-ortho nitro benzene ring substituents is 2. The van der Waals surface area contributed by atoms with Crippen molar-refractivity contribution in [1.29, 1.82) is 0 Å². The summed E-state index contributed by atoms with van der Waals surface area (Å²) < 4.78 is 5.45. The molecule has 9 heteroatoms. The van der Waals surface area contributed by atoms with Crippen molar-refractivity contribution in [1.82, 2.24) is 4.90 Å². The van der Waals surface area contributed by atoms with Crippen LogP contribution >= 0.6 is 0 Å². The van der Waals surface area contributed by atoms with E-state index in [2.05, 4.69) is 0 Å². The van der Waals surface area contributed by atoms with Gasteiger partial charge >= 0.3 is 6.09 Å². The first-order valence-electron chi connectivity index (χ1n) is 9.84. The molecular weight excluding hydrogens is 414 g/mol. The molecule has 0 bridgehead atoms. The van der Waals surface area contributed by atoms with Crippen molar-refractivity contribution in [3.05, 3.63) is 116 Å². The zero-order valence-electron chi connectivity index (χ0n) is 17.1. The lowest BCUT2D eigenvalue weighted by Crippen LogP contribution is -2.33. The Morgan fingerprint density at radius 3 is 1.81 bits per heavy atom. The fourth-order valence-corrected chi connectivity index (χ4v) is 3.04. The van der Waals surface area contributed by atoms with Crippen LogP contribution in [0.15, 0.2) is 78.9 Å². The molecule has 0 aliphatic heterocycles. The van der Waals surface area contributed by atoms with Crippen molar-refractivity contribution in [3.63, 3.8) is 0 Å². The highest BCUT2D eigenvalue weighted by molar-refractivity contribution is 5.67. The summed E-state index contributed by atoms with van der Waals surface area (Å²) in [7, 11) is 0. The van der Waals surface area contributed by atoms with Crippen LogP contribution in [-0.4, -0.2) is 27.4 Å². The van der Waals surface area contributed by atoms with Gasteiger partial charge in [-0.25, -0.2) is 4.79 Å². The van der Waals surface area contributed by atoms with Crippen molar-refractivity contribution < 1.29 is 19.4 Å². The Morgan fingerprint density at radius 1 is 0.750 bits per heavy atom. The molecule has 32 heavy (non-hydrogen) atoms. The Labute approximate surface area is 184 Å². The third-order valence-corrected chi connectivity index (χ3v) is 4.80. The van der Waals surface area contributed by atoms with Crippen molar-refractivity contribution in [2.45, 2.75) is 19.6 Å². The van der Waals surface area contributed by atoms with Crippen molar-refractivity contribution in [2.24, 2.45) is 0 Å². The van der Waals surface area contributed by atoms with Crippen molar-refractivity contribution in [2.75, 3.05) is 6.54 Å². The molecule has 9 nitrogen and oxygen atoms in total. The molecule has 0 aromatic heterocycles. The first kappa shape index (κ1) is 22.4. The fraction of sp³-hybridized carbons (Fsp3) is 0.174. The van der Waals surface area contributed by atoms with Gasteiger partial charge in [-0.3, -0.25) is 20.2 Å². The highest BCUT2D eigenvalue weighted by Crippen LogP contribution is 2.16. The summed E-state index contributed by atoms with van der Waals surface area (Å²) in [6.45, 7) is 0.634.